The number of allylic oxidation sites excluding steroid dienone is 1. The molecule has 0 aromatic heterocycles. The largest absolute Gasteiger partial charge is 0.497 e. The second kappa shape index (κ2) is 10.5. The third-order valence-corrected chi connectivity index (χ3v) is 7.59. The molecule has 0 fully saturated rings. The van der Waals surface area contributed by atoms with Gasteiger partial charge in [0.25, 0.3) is 0 Å². The molecule has 29 heavy (non-hydrogen) atoms. The van der Waals surface area contributed by atoms with Crippen molar-refractivity contribution in [3.8, 4) is 11.5 Å². The molecule has 0 unspecified atom stereocenters. The lowest BCUT2D eigenvalue weighted by molar-refractivity contribution is 0.381. The van der Waals surface area contributed by atoms with E-state index in [0.717, 1.165) is 22.6 Å². The predicted octanol–water partition coefficient (Wildman–Crippen LogP) is 4.64. The van der Waals surface area contributed by atoms with Gasteiger partial charge in [0.2, 0.25) is 10.0 Å². The molecule has 2 atom stereocenters. The van der Waals surface area contributed by atoms with E-state index in [1.165, 1.54) is 0 Å². The van der Waals surface area contributed by atoms with Crippen LogP contribution in [0.2, 0.25) is 0 Å². The van der Waals surface area contributed by atoms with Crippen molar-refractivity contribution >= 4 is 10.0 Å². The minimum Gasteiger partial charge on any atom is -0.497 e. The van der Waals surface area contributed by atoms with Crippen LogP contribution in [0.4, 0.5) is 0 Å². The average Bonchev–Trinajstić information content (AvgIpc) is 2.73. The van der Waals surface area contributed by atoms with E-state index in [1.54, 1.807) is 31.5 Å². The van der Waals surface area contributed by atoms with Crippen molar-refractivity contribution < 1.29 is 17.9 Å². The molecule has 0 amide bonds. The average molecular weight is 418 g/mol. The van der Waals surface area contributed by atoms with Crippen LogP contribution in [0.3, 0.4) is 0 Å². The Balaban J connectivity index is 2.32. The maximum absolute atomic E-state index is 13.4. The second-order valence-corrected chi connectivity index (χ2v) is 9.51. The van der Waals surface area contributed by atoms with Crippen LogP contribution >= 0.6 is 0 Å². The van der Waals surface area contributed by atoms with Crippen molar-refractivity contribution in [2.45, 2.75) is 38.6 Å². The maximum Gasteiger partial charge on any atom is 0.217 e. The topological polar surface area (TPSA) is 55.8 Å². The molecule has 0 aliphatic heterocycles. The molecule has 2 rings (SSSR count). The van der Waals surface area contributed by atoms with E-state index in [9.17, 15) is 8.42 Å². The van der Waals surface area contributed by atoms with Gasteiger partial charge in [-0.1, -0.05) is 37.3 Å². The number of nitrogens with zero attached hydrogens (tertiary/aromatic N) is 1. The Hall–Kier alpha value is -2.31. The van der Waals surface area contributed by atoms with Gasteiger partial charge in [0.05, 0.1) is 19.5 Å². The smallest absolute Gasteiger partial charge is 0.217 e. The standard InChI is InChI=1S/C23H31NO4S/c1-6-7-18(2)19(3)29(25,26)24(16-20-8-12-22(27-4)13-9-20)17-21-10-14-23(28-5)15-11-21/h6,8-15,18-19H,1,7,16-17H2,2-5H3/t18-,19+/m0/s1. The van der Waals surface area contributed by atoms with Gasteiger partial charge in [-0.2, -0.15) is 4.31 Å². The number of rotatable bonds is 11. The molecule has 0 bridgehead atoms. The first-order chi connectivity index (χ1) is 13.8. The lowest BCUT2D eigenvalue weighted by atomic mass is 10.1. The molecule has 0 N–H and O–H groups in total. The van der Waals surface area contributed by atoms with Gasteiger partial charge in [0, 0.05) is 13.1 Å². The summed E-state index contributed by atoms with van der Waals surface area (Å²) in [7, 11) is -0.309. The molecule has 0 spiro atoms. The number of ether oxygens (including phenoxy) is 2. The molecular weight excluding hydrogens is 386 g/mol. The second-order valence-electron chi connectivity index (χ2n) is 7.22. The summed E-state index contributed by atoms with van der Waals surface area (Å²) < 4.78 is 38.8. The fourth-order valence-corrected chi connectivity index (χ4v) is 4.91. The molecule has 0 radical (unpaired) electrons. The van der Waals surface area contributed by atoms with E-state index in [0.29, 0.717) is 19.5 Å². The summed E-state index contributed by atoms with van der Waals surface area (Å²) in [6.07, 6.45) is 2.42. The van der Waals surface area contributed by atoms with Crippen molar-refractivity contribution in [3.63, 3.8) is 0 Å². The number of methoxy groups -OCH3 is 2. The van der Waals surface area contributed by atoms with Gasteiger partial charge in [0.1, 0.15) is 11.5 Å². The van der Waals surface area contributed by atoms with E-state index in [-0.39, 0.29) is 5.92 Å². The van der Waals surface area contributed by atoms with Crippen LogP contribution in [0.5, 0.6) is 11.5 Å². The van der Waals surface area contributed by atoms with Gasteiger partial charge in [0.15, 0.2) is 0 Å². The summed E-state index contributed by atoms with van der Waals surface area (Å²) >= 11 is 0. The minimum atomic E-state index is -3.53. The fraction of sp³-hybridized carbons (Fsp3) is 0.391. The highest BCUT2D eigenvalue weighted by Gasteiger charge is 2.32. The third kappa shape index (κ3) is 6.08. The monoisotopic (exact) mass is 417 g/mol. The highest BCUT2D eigenvalue weighted by molar-refractivity contribution is 7.89. The van der Waals surface area contributed by atoms with E-state index >= 15 is 0 Å². The molecule has 0 saturated heterocycles. The molecule has 2 aromatic rings. The Morgan fingerprint density at radius 1 is 0.897 bits per heavy atom. The number of benzene rings is 2. The first-order valence-electron chi connectivity index (χ1n) is 9.67. The Bertz CT molecular complexity index is 827. The zero-order valence-corrected chi connectivity index (χ0v) is 18.5. The van der Waals surface area contributed by atoms with Crippen molar-refractivity contribution in [3.05, 3.63) is 72.3 Å². The quantitative estimate of drug-likeness (QED) is 0.500. The van der Waals surface area contributed by atoms with Crippen LogP contribution in [0, 0.1) is 5.92 Å². The summed E-state index contributed by atoms with van der Waals surface area (Å²) in [5.41, 5.74) is 1.82. The number of sulfonamides is 1. The van der Waals surface area contributed by atoms with Gasteiger partial charge in [-0.3, -0.25) is 0 Å². The third-order valence-electron chi connectivity index (χ3n) is 5.21. The highest BCUT2D eigenvalue weighted by atomic mass is 32.2. The molecule has 5 nitrogen and oxygen atoms in total. The Morgan fingerprint density at radius 3 is 1.66 bits per heavy atom. The van der Waals surface area contributed by atoms with E-state index < -0.39 is 15.3 Å². The van der Waals surface area contributed by atoms with Gasteiger partial charge >= 0.3 is 0 Å². The van der Waals surface area contributed by atoms with Crippen molar-refractivity contribution in [1.29, 1.82) is 0 Å². The van der Waals surface area contributed by atoms with Gasteiger partial charge < -0.3 is 9.47 Å². The lowest BCUT2D eigenvalue weighted by Crippen LogP contribution is -2.39. The Morgan fingerprint density at radius 2 is 1.31 bits per heavy atom. The zero-order valence-electron chi connectivity index (χ0n) is 17.7. The van der Waals surface area contributed by atoms with Crippen molar-refractivity contribution in [2.75, 3.05) is 14.2 Å². The molecule has 0 heterocycles. The van der Waals surface area contributed by atoms with E-state index in [2.05, 4.69) is 6.58 Å². The van der Waals surface area contributed by atoms with Crippen LogP contribution in [0.15, 0.2) is 61.2 Å². The molecule has 0 saturated carbocycles. The zero-order chi connectivity index (χ0) is 21.4. The lowest BCUT2D eigenvalue weighted by Gasteiger charge is -2.29. The molecule has 2 aromatic carbocycles. The molecule has 0 aliphatic carbocycles. The minimum absolute atomic E-state index is 0.0215. The van der Waals surface area contributed by atoms with E-state index in [1.807, 2.05) is 55.5 Å². The highest BCUT2D eigenvalue weighted by Crippen LogP contribution is 2.25. The molecular formula is C23H31NO4S. The Labute approximate surface area is 175 Å². The van der Waals surface area contributed by atoms with Gasteiger partial charge in [-0.25, -0.2) is 8.42 Å². The van der Waals surface area contributed by atoms with Crippen LogP contribution in [-0.2, 0) is 23.1 Å². The van der Waals surface area contributed by atoms with Crippen LogP contribution in [-0.4, -0.2) is 32.2 Å². The molecule has 0 aliphatic rings. The van der Waals surface area contributed by atoms with Crippen molar-refractivity contribution in [2.24, 2.45) is 5.92 Å². The van der Waals surface area contributed by atoms with Crippen molar-refractivity contribution in [1.82, 2.24) is 4.31 Å². The van der Waals surface area contributed by atoms with Crippen LogP contribution < -0.4 is 9.47 Å². The SMILES string of the molecule is C=CC[C@H](C)[C@@H](C)S(=O)(=O)N(Cc1ccc(OC)cc1)Cc1ccc(OC)cc1. The first kappa shape index (κ1) is 23.0. The summed E-state index contributed by atoms with van der Waals surface area (Å²) in [5, 5.41) is -0.517. The first-order valence-corrected chi connectivity index (χ1v) is 11.2. The van der Waals surface area contributed by atoms with Crippen LogP contribution in [0.25, 0.3) is 0 Å². The summed E-state index contributed by atoms with van der Waals surface area (Å²) in [6, 6.07) is 15.0. The Kier molecular flexibility index (Phi) is 8.29. The number of hydrogen-bond donors (Lipinski definition) is 0. The summed E-state index contributed by atoms with van der Waals surface area (Å²) in [5.74, 6) is 1.46. The summed E-state index contributed by atoms with van der Waals surface area (Å²) in [4.78, 5) is 0. The van der Waals surface area contributed by atoms with E-state index in [4.69, 9.17) is 9.47 Å². The molecule has 158 valence electrons. The predicted molar refractivity (Wildman–Crippen MR) is 118 cm³/mol. The van der Waals surface area contributed by atoms with Gasteiger partial charge in [-0.05, 0) is 54.7 Å². The summed E-state index contributed by atoms with van der Waals surface area (Å²) in [6.45, 7) is 8.06. The normalized spacial score (nSPS) is 13.7. The van der Waals surface area contributed by atoms with Gasteiger partial charge in [-0.15, -0.1) is 6.58 Å². The fourth-order valence-electron chi connectivity index (χ4n) is 3.09. The maximum atomic E-state index is 13.4. The molecule has 6 heteroatoms. The van der Waals surface area contributed by atoms with Crippen LogP contribution in [0.1, 0.15) is 31.4 Å². The number of hydrogen-bond acceptors (Lipinski definition) is 4.